The van der Waals surface area contributed by atoms with Crippen molar-refractivity contribution in [2.75, 3.05) is 12.8 Å². The highest BCUT2D eigenvalue weighted by Gasteiger charge is 2.02. The molecule has 1 aromatic carbocycles. The van der Waals surface area contributed by atoms with Crippen molar-refractivity contribution in [1.29, 1.82) is 0 Å². The van der Waals surface area contributed by atoms with Gasteiger partial charge in [0.2, 0.25) is 0 Å². The van der Waals surface area contributed by atoms with Crippen LogP contribution in [0.4, 0.5) is 5.69 Å². The lowest BCUT2D eigenvalue weighted by Gasteiger charge is -2.03. The highest BCUT2D eigenvalue weighted by atomic mass is 79.9. The first-order chi connectivity index (χ1) is 6.63. The molecule has 0 saturated heterocycles. The molecule has 0 saturated carbocycles. The molecule has 0 spiro atoms. The monoisotopic (exact) mass is 257 g/mol. The molecule has 2 N–H and O–H groups in total. The summed E-state index contributed by atoms with van der Waals surface area (Å²) in [4.78, 5) is 10.9. The zero-order valence-corrected chi connectivity index (χ0v) is 9.50. The Morgan fingerprint density at radius 1 is 1.57 bits per heavy atom. The second-order valence-electron chi connectivity index (χ2n) is 2.93. The average Bonchev–Trinajstić information content (AvgIpc) is 2.19. The van der Waals surface area contributed by atoms with Crippen molar-refractivity contribution in [3.8, 4) is 0 Å². The van der Waals surface area contributed by atoms with Gasteiger partial charge in [0.25, 0.3) is 0 Å². The van der Waals surface area contributed by atoms with Gasteiger partial charge < -0.3 is 10.5 Å². The van der Waals surface area contributed by atoms with Gasteiger partial charge in [-0.3, -0.25) is 4.79 Å². The molecule has 0 aromatic heterocycles. The van der Waals surface area contributed by atoms with E-state index in [2.05, 4.69) is 20.7 Å². The number of esters is 1. The number of nitrogens with two attached hydrogens (primary N) is 1. The van der Waals surface area contributed by atoms with Gasteiger partial charge in [-0.05, 0) is 40.0 Å². The quantitative estimate of drug-likeness (QED) is 0.667. The van der Waals surface area contributed by atoms with Crippen LogP contribution in [0.25, 0.3) is 0 Å². The number of carbonyl (C=O) groups excluding carboxylic acids is 1. The van der Waals surface area contributed by atoms with Gasteiger partial charge in [0, 0.05) is 16.6 Å². The minimum Gasteiger partial charge on any atom is -0.469 e. The lowest BCUT2D eigenvalue weighted by atomic mass is 10.1. The summed E-state index contributed by atoms with van der Waals surface area (Å²) in [5, 5.41) is 0. The predicted molar refractivity (Wildman–Crippen MR) is 58.9 cm³/mol. The van der Waals surface area contributed by atoms with E-state index >= 15 is 0 Å². The van der Waals surface area contributed by atoms with Gasteiger partial charge >= 0.3 is 5.97 Å². The van der Waals surface area contributed by atoms with E-state index in [1.807, 2.05) is 18.2 Å². The molecule has 1 rings (SSSR count). The molecule has 4 heteroatoms. The maximum absolute atomic E-state index is 10.9. The number of hydrogen-bond donors (Lipinski definition) is 1. The maximum Gasteiger partial charge on any atom is 0.305 e. The Kier molecular flexibility index (Phi) is 3.95. The van der Waals surface area contributed by atoms with Gasteiger partial charge in [-0.2, -0.15) is 0 Å². The van der Waals surface area contributed by atoms with Crippen LogP contribution >= 0.6 is 15.9 Å². The van der Waals surface area contributed by atoms with Crippen LogP contribution < -0.4 is 5.73 Å². The highest BCUT2D eigenvalue weighted by Crippen LogP contribution is 2.21. The Labute approximate surface area is 91.4 Å². The molecule has 1 aromatic rings. The summed E-state index contributed by atoms with van der Waals surface area (Å²) in [5.74, 6) is -0.196. The van der Waals surface area contributed by atoms with Gasteiger partial charge in [0.1, 0.15) is 0 Å². The zero-order valence-electron chi connectivity index (χ0n) is 7.92. The van der Waals surface area contributed by atoms with Crippen LogP contribution in [0.3, 0.4) is 0 Å². The number of rotatable bonds is 3. The number of ether oxygens (including phenoxy) is 1. The van der Waals surface area contributed by atoms with Gasteiger partial charge in [0.15, 0.2) is 0 Å². The van der Waals surface area contributed by atoms with E-state index in [0.29, 0.717) is 18.5 Å². The van der Waals surface area contributed by atoms with Crippen molar-refractivity contribution in [2.24, 2.45) is 0 Å². The second kappa shape index (κ2) is 5.00. The summed E-state index contributed by atoms with van der Waals surface area (Å²) in [5.41, 5.74) is 7.40. The van der Waals surface area contributed by atoms with Crippen LogP contribution in [-0.2, 0) is 16.0 Å². The highest BCUT2D eigenvalue weighted by molar-refractivity contribution is 9.10. The van der Waals surface area contributed by atoms with Crippen LogP contribution in [0.15, 0.2) is 22.7 Å². The molecule has 14 heavy (non-hydrogen) atoms. The Balaban J connectivity index is 2.60. The lowest BCUT2D eigenvalue weighted by molar-refractivity contribution is -0.140. The Bertz CT molecular complexity index is 339. The predicted octanol–water partition coefficient (Wildman–Crippen LogP) is 2.14. The molecule has 0 fully saturated rings. The maximum atomic E-state index is 10.9. The normalized spacial score (nSPS) is 9.86. The van der Waals surface area contributed by atoms with Crippen molar-refractivity contribution in [1.82, 2.24) is 0 Å². The molecule has 0 aliphatic heterocycles. The molecule has 0 bridgehead atoms. The third-order valence-electron chi connectivity index (χ3n) is 1.91. The zero-order chi connectivity index (χ0) is 10.6. The van der Waals surface area contributed by atoms with Crippen molar-refractivity contribution in [3.63, 3.8) is 0 Å². The summed E-state index contributed by atoms with van der Waals surface area (Å²) < 4.78 is 5.41. The largest absolute Gasteiger partial charge is 0.469 e. The first kappa shape index (κ1) is 11.0. The molecule has 0 unspecified atom stereocenters. The lowest BCUT2D eigenvalue weighted by Crippen LogP contribution is -2.02. The third-order valence-corrected chi connectivity index (χ3v) is 2.60. The van der Waals surface area contributed by atoms with E-state index in [0.717, 1.165) is 10.0 Å². The van der Waals surface area contributed by atoms with Crippen molar-refractivity contribution < 1.29 is 9.53 Å². The number of anilines is 1. The smallest absolute Gasteiger partial charge is 0.305 e. The molecular formula is C10H12BrNO2. The van der Waals surface area contributed by atoms with E-state index < -0.39 is 0 Å². The number of carbonyl (C=O) groups is 1. The summed E-state index contributed by atoms with van der Waals surface area (Å²) in [6.45, 7) is 0. The van der Waals surface area contributed by atoms with E-state index in [1.54, 1.807) is 0 Å². The molecule has 0 aliphatic carbocycles. The number of halogens is 1. The minimum absolute atomic E-state index is 0.196. The van der Waals surface area contributed by atoms with Crippen LogP contribution in [0.2, 0.25) is 0 Å². The molecule has 3 nitrogen and oxygen atoms in total. The van der Waals surface area contributed by atoms with Crippen LogP contribution in [0.5, 0.6) is 0 Å². The van der Waals surface area contributed by atoms with Crippen LogP contribution in [0, 0.1) is 0 Å². The van der Waals surface area contributed by atoms with Gasteiger partial charge in [0.05, 0.1) is 7.11 Å². The molecule has 0 aliphatic rings. The molecule has 76 valence electrons. The van der Waals surface area contributed by atoms with E-state index in [1.165, 1.54) is 7.11 Å². The molecule has 0 amide bonds. The van der Waals surface area contributed by atoms with Gasteiger partial charge in [-0.15, -0.1) is 0 Å². The fourth-order valence-corrected chi connectivity index (χ4v) is 1.50. The van der Waals surface area contributed by atoms with Crippen molar-refractivity contribution in [3.05, 3.63) is 28.2 Å². The second-order valence-corrected chi connectivity index (χ2v) is 3.79. The Morgan fingerprint density at radius 3 is 2.86 bits per heavy atom. The van der Waals surface area contributed by atoms with Crippen molar-refractivity contribution >= 4 is 27.6 Å². The number of aryl methyl sites for hydroxylation is 1. The summed E-state index contributed by atoms with van der Waals surface area (Å²) in [6, 6.07) is 5.64. The van der Waals surface area contributed by atoms with Crippen LogP contribution in [0.1, 0.15) is 12.0 Å². The average molecular weight is 258 g/mol. The fraction of sp³-hybridized carbons (Fsp3) is 0.300. The molecular weight excluding hydrogens is 246 g/mol. The van der Waals surface area contributed by atoms with Crippen LogP contribution in [-0.4, -0.2) is 13.1 Å². The van der Waals surface area contributed by atoms with Crippen molar-refractivity contribution in [2.45, 2.75) is 12.8 Å². The number of benzene rings is 1. The SMILES string of the molecule is COC(=O)CCc1ccc(N)c(Br)c1. The topological polar surface area (TPSA) is 52.3 Å². The van der Waals surface area contributed by atoms with E-state index in [4.69, 9.17) is 5.73 Å². The summed E-state index contributed by atoms with van der Waals surface area (Å²) >= 11 is 3.33. The van der Waals surface area contributed by atoms with E-state index in [-0.39, 0.29) is 5.97 Å². The standard InChI is InChI=1S/C10H12BrNO2/c1-14-10(13)5-3-7-2-4-9(12)8(11)6-7/h2,4,6H,3,5,12H2,1H3. The molecule has 0 radical (unpaired) electrons. The summed E-state index contributed by atoms with van der Waals surface area (Å²) in [6.07, 6.45) is 1.07. The van der Waals surface area contributed by atoms with Gasteiger partial charge in [-0.1, -0.05) is 6.07 Å². The third kappa shape index (κ3) is 3.03. The minimum atomic E-state index is -0.196. The van der Waals surface area contributed by atoms with Gasteiger partial charge in [-0.25, -0.2) is 0 Å². The fourth-order valence-electron chi connectivity index (χ4n) is 1.07. The Morgan fingerprint density at radius 2 is 2.29 bits per heavy atom. The number of nitrogen functional groups attached to an aromatic ring is 1. The first-order valence-electron chi connectivity index (χ1n) is 4.24. The van der Waals surface area contributed by atoms with E-state index in [9.17, 15) is 4.79 Å². The molecule has 0 heterocycles. The molecule has 0 atom stereocenters. The Hall–Kier alpha value is -1.03. The summed E-state index contributed by atoms with van der Waals surface area (Å²) in [7, 11) is 1.39. The number of methoxy groups -OCH3 is 1. The number of hydrogen-bond acceptors (Lipinski definition) is 3. The first-order valence-corrected chi connectivity index (χ1v) is 5.03.